The van der Waals surface area contributed by atoms with Crippen molar-refractivity contribution in [3.05, 3.63) is 94.0 Å². The van der Waals surface area contributed by atoms with E-state index in [1.54, 1.807) is 0 Å². The molecule has 0 amide bonds. The first kappa shape index (κ1) is 21.8. The molecular weight excluding hydrogens is 391 g/mol. The van der Waals surface area contributed by atoms with Gasteiger partial charge in [-0.25, -0.2) is 0 Å². The Bertz CT molecular complexity index is 1180. The third-order valence-electron chi connectivity index (χ3n) is 6.48. The predicted octanol–water partition coefficient (Wildman–Crippen LogP) is 5.93. The zero-order valence-electron chi connectivity index (χ0n) is 19.8. The van der Waals surface area contributed by atoms with Gasteiger partial charge in [0, 0.05) is 4.90 Å². The van der Waals surface area contributed by atoms with Crippen LogP contribution in [0.3, 0.4) is 0 Å². The van der Waals surface area contributed by atoms with Crippen LogP contribution in [0.1, 0.15) is 33.4 Å². The zero-order chi connectivity index (χ0) is 22.3. The average Bonchev–Trinajstić information content (AvgIpc) is 2.70. The Balaban J connectivity index is 2.16. The van der Waals surface area contributed by atoms with E-state index in [-0.39, 0.29) is 6.71 Å². The van der Waals surface area contributed by atoms with Gasteiger partial charge in [-0.2, -0.15) is 0 Å². The molecule has 0 aliphatic rings. The monoisotopic (exact) mass is 422 g/mol. The summed E-state index contributed by atoms with van der Waals surface area (Å²) in [5, 5.41) is 2.71. The van der Waals surface area contributed by atoms with Crippen LogP contribution in [0.5, 0.6) is 0 Å². The summed E-state index contributed by atoms with van der Waals surface area (Å²) in [6, 6.07) is 22.9. The Hall–Kier alpha value is -2.45. The highest BCUT2D eigenvalue weighted by atomic mass is 32.2. The molecule has 0 bridgehead atoms. The lowest BCUT2D eigenvalue weighted by Crippen LogP contribution is -2.56. The lowest BCUT2D eigenvalue weighted by atomic mass is 9.33. The fourth-order valence-electron chi connectivity index (χ4n) is 5.49. The lowest BCUT2D eigenvalue weighted by molar-refractivity contribution is 1.34. The Kier molecular flexibility index (Phi) is 6.04. The first-order chi connectivity index (χ1) is 14.8. The van der Waals surface area contributed by atoms with Crippen LogP contribution >= 0.6 is 11.8 Å². The zero-order valence-corrected chi connectivity index (χ0v) is 20.6. The summed E-state index contributed by atoms with van der Waals surface area (Å²) in [6.45, 7) is 13.7. The first-order valence-corrected chi connectivity index (χ1v) is 12.3. The van der Waals surface area contributed by atoms with Gasteiger partial charge in [-0.3, -0.25) is 0 Å². The molecule has 0 aliphatic heterocycles. The van der Waals surface area contributed by atoms with Crippen molar-refractivity contribution in [1.82, 2.24) is 0 Å². The molecule has 0 unspecified atom stereocenters. The molecular formula is C29H31BS. The molecule has 0 nitrogen and oxygen atoms in total. The van der Waals surface area contributed by atoms with E-state index in [2.05, 4.69) is 108 Å². The van der Waals surface area contributed by atoms with Crippen LogP contribution in [0.4, 0.5) is 0 Å². The standard InChI is InChI=1S/C29H31BS/c1-18-14-20(3)28(21(4)15-18)30(29-22(5)16-19(2)17-23(29)6)25-12-8-10-24-11-9-13-26(31-7)27(24)25/h8-17H,1-7H3. The number of aryl methyl sites for hydroxylation is 6. The molecule has 4 rings (SSSR count). The number of rotatable bonds is 4. The molecule has 156 valence electrons. The fraction of sp³-hybridized carbons (Fsp3) is 0.241. The fourth-order valence-corrected chi connectivity index (χ4v) is 6.15. The molecule has 2 heteroatoms. The van der Waals surface area contributed by atoms with Gasteiger partial charge >= 0.3 is 0 Å². The summed E-state index contributed by atoms with van der Waals surface area (Å²) >= 11 is 1.84. The molecule has 4 aromatic rings. The highest BCUT2D eigenvalue weighted by Gasteiger charge is 2.30. The first-order valence-electron chi connectivity index (χ1n) is 11.0. The third-order valence-corrected chi connectivity index (χ3v) is 7.26. The minimum atomic E-state index is 0.207. The Morgan fingerprint density at radius 3 is 1.52 bits per heavy atom. The largest absolute Gasteiger partial charge is 0.243 e. The van der Waals surface area contributed by atoms with Crippen molar-refractivity contribution in [2.75, 3.05) is 6.26 Å². The molecule has 0 N–H and O–H groups in total. The predicted molar refractivity (Wildman–Crippen MR) is 142 cm³/mol. The molecule has 4 aromatic carbocycles. The van der Waals surface area contributed by atoms with E-state index in [1.165, 1.54) is 65.4 Å². The second kappa shape index (κ2) is 8.59. The van der Waals surface area contributed by atoms with E-state index >= 15 is 0 Å². The smallest absolute Gasteiger partial charge is 0.129 e. The van der Waals surface area contributed by atoms with Crippen molar-refractivity contribution in [2.45, 2.75) is 46.4 Å². The molecule has 0 radical (unpaired) electrons. The third kappa shape index (κ3) is 3.94. The SMILES string of the molecule is CSc1cccc2cccc(B(c3c(C)cc(C)cc3C)c3c(C)cc(C)cc3C)c12. The van der Waals surface area contributed by atoms with E-state index in [9.17, 15) is 0 Å². The van der Waals surface area contributed by atoms with Crippen LogP contribution in [-0.2, 0) is 0 Å². The van der Waals surface area contributed by atoms with Crippen molar-refractivity contribution in [1.29, 1.82) is 0 Å². The molecule has 31 heavy (non-hydrogen) atoms. The minimum Gasteiger partial charge on any atom is -0.129 e. The van der Waals surface area contributed by atoms with Gasteiger partial charge in [0.2, 0.25) is 6.71 Å². The van der Waals surface area contributed by atoms with Crippen LogP contribution in [0.25, 0.3) is 10.8 Å². The number of benzene rings is 4. The highest BCUT2D eigenvalue weighted by Crippen LogP contribution is 2.26. The molecule has 0 saturated carbocycles. The summed E-state index contributed by atoms with van der Waals surface area (Å²) < 4.78 is 0. The van der Waals surface area contributed by atoms with Gasteiger partial charge in [0.05, 0.1) is 0 Å². The summed E-state index contributed by atoms with van der Waals surface area (Å²) in [5.74, 6) is 0. The van der Waals surface area contributed by atoms with Crippen molar-refractivity contribution in [3.8, 4) is 0 Å². The van der Waals surface area contributed by atoms with Gasteiger partial charge in [-0.05, 0) is 64.6 Å². The number of fused-ring (bicyclic) bond motifs is 1. The maximum atomic E-state index is 2.35. The van der Waals surface area contributed by atoms with Gasteiger partial charge in [0.1, 0.15) is 0 Å². The second-order valence-corrected chi connectivity index (χ2v) is 9.81. The van der Waals surface area contributed by atoms with Crippen LogP contribution in [0.2, 0.25) is 0 Å². The molecule has 0 aliphatic carbocycles. The second-order valence-electron chi connectivity index (χ2n) is 8.96. The molecule has 0 aromatic heterocycles. The van der Waals surface area contributed by atoms with Gasteiger partial charge in [-0.1, -0.05) is 104 Å². The Morgan fingerprint density at radius 2 is 1.06 bits per heavy atom. The number of hydrogen-bond donors (Lipinski definition) is 0. The number of hydrogen-bond acceptors (Lipinski definition) is 1. The number of thioether (sulfide) groups is 1. The summed E-state index contributed by atoms with van der Waals surface area (Å²) in [7, 11) is 0. The van der Waals surface area contributed by atoms with Crippen molar-refractivity contribution in [3.63, 3.8) is 0 Å². The van der Waals surface area contributed by atoms with E-state index in [1.807, 2.05) is 11.8 Å². The summed E-state index contributed by atoms with van der Waals surface area (Å²) in [4.78, 5) is 1.35. The van der Waals surface area contributed by atoms with E-state index in [0.29, 0.717) is 0 Å². The van der Waals surface area contributed by atoms with Gasteiger partial charge < -0.3 is 0 Å². The van der Waals surface area contributed by atoms with Crippen molar-refractivity contribution < 1.29 is 0 Å². The lowest BCUT2D eigenvalue weighted by Gasteiger charge is -2.26. The molecule has 0 saturated heterocycles. The molecule has 0 atom stereocenters. The van der Waals surface area contributed by atoms with Crippen LogP contribution in [0, 0.1) is 41.5 Å². The van der Waals surface area contributed by atoms with Gasteiger partial charge in [0.25, 0.3) is 0 Å². The van der Waals surface area contributed by atoms with Crippen molar-refractivity contribution in [2.24, 2.45) is 0 Å². The Labute approximate surface area is 192 Å². The summed E-state index contributed by atoms with van der Waals surface area (Å²) in [5.41, 5.74) is 12.5. The minimum absolute atomic E-state index is 0.207. The quantitative estimate of drug-likeness (QED) is 0.290. The van der Waals surface area contributed by atoms with E-state index in [0.717, 1.165) is 0 Å². The average molecular weight is 422 g/mol. The van der Waals surface area contributed by atoms with Crippen LogP contribution in [-0.4, -0.2) is 13.0 Å². The van der Waals surface area contributed by atoms with Crippen LogP contribution in [0.15, 0.2) is 65.6 Å². The Morgan fingerprint density at radius 1 is 0.613 bits per heavy atom. The highest BCUT2D eigenvalue weighted by molar-refractivity contribution is 7.98. The molecule has 0 fully saturated rings. The maximum absolute atomic E-state index is 2.35. The van der Waals surface area contributed by atoms with E-state index < -0.39 is 0 Å². The maximum Gasteiger partial charge on any atom is 0.243 e. The summed E-state index contributed by atoms with van der Waals surface area (Å²) in [6.07, 6.45) is 2.19. The molecule has 0 heterocycles. The molecule has 0 spiro atoms. The van der Waals surface area contributed by atoms with Gasteiger partial charge in [0.15, 0.2) is 0 Å². The van der Waals surface area contributed by atoms with Gasteiger partial charge in [-0.15, -0.1) is 11.8 Å². The normalized spacial score (nSPS) is 11.2. The van der Waals surface area contributed by atoms with Crippen molar-refractivity contribution >= 4 is 45.6 Å². The van der Waals surface area contributed by atoms with E-state index in [4.69, 9.17) is 0 Å². The topological polar surface area (TPSA) is 0 Å². The van der Waals surface area contributed by atoms with Crippen LogP contribution < -0.4 is 16.4 Å².